The van der Waals surface area contributed by atoms with Crippen LogP contribution in [0.5, 0.6) is 11.5 Å². The first-order valence-electron chi connectivity index (χ1n) is 6.01. The summed E-state index contributed by atoms with van der Waals surface area (Å²) in [6.07, 6.45) is 0. The van der Waals surface area contributed by atoms with E-state index in [-0.39, 0.29) is 11.6 Å². The van der Waals surface area contributed by atoms with Gasteiger partial charge in [0.2, 0.25) is 5.09 Å². The van der Waals surface area contributed by atoms with Gasteiger partial charge in [-0.1, -0.05) is 0 Å². The van der Waals surface area contributed by atoms with Crippen molar-refractivity contribution in [3.8, 4) is 11.5 Å². The summed E-state index contributed by atoms with van der Waals surface area (Å²) in [4.78, 5) is 0. The Morgan fingerprint density at radius 3 is 2.52 bits per heavy atom. The Hall–Kier alpha value is -2.19. The molecule has 3 N–H and O–H groups in total. The van der Waals surface area contributed by atoms with Crippen LogP contribution in [0.2, 0.25) is 0 Å². The second-order valence-corrected chi connectivity index (χ2v) is 5.68. The number of rotatable bonds is 6. The molecule has 2 aromatic rings. The van der Waals surface area contributed by atoms with E-state index in [9.17, 15) is 8.42 Å². The molecule has 0 atom stereocenters. The van der Waals surface area contributed by atoms with Crippen LogP contribution < -0.4 is 19.9 Å². The summed E-state index contributed by atoms with van der Waals surface area (Å²) in [6.45, 7) is 0.290. The normalized spacial score (nSPS) is 11.2. The van der Waals surface area contributed by atoms with E-state index in [1.807, 2.05) is 0 Å². The van der Waals surface area contributed by atoms with Crippen molar-refractivity contribution in [2.24, 2.45) is 5.14 Å². The van der Waals surface area contributed by atoms with Crippen LogP contribution in [0, 0.1) is 0 Å². The number of sulfonamides is 1. The number of hydrogen-bond donors (Lipinski definition) is 2. The lowest BCUT2D eigenvalue weighted by molar-refractivity contribution is 0.395. The van der Waals surface area contributed by atoms with E-state index < -0.39 is 10.0 Å². The number of nitrogens with one attached hydrogen (secondary N) is 1. The zero-order chi connectivity index (χ0) is 15.5. The summed E-state index contributed by atoms with van der Waals surface area (Å²) in [5, 5.41) is 7.80. The maximum absolute atomic E-state index is 11.1. The van der Waals surface area contributed by atoms with E-state index in [4.69, 9.17) is 19.0 Å². The zero-order valence-electron chi connectivity index (χ0n) is 11.6. The second kappa shape index (κ2) is 6.06. The summed E-state index contributed by atoms with van der Waals surface area (Å²) >= 11 is 0. The minimum atomic E-state index is -3.82. The Bertz CT molecular complexity index is 724. The van der Waals surface area contributed by atoms with Gasteiger partial charge in [0.25, 0.3) is 10.0 Å². The van der Waals surface area contributed by atoms with E-state index in [2.05, 4.69) is 5.32 Å². The highest BCUT2D eigenvalue weighted by atomic mass is 32.2. The number of nitrogens with two attached hydrogens (primary N) is 1. The van der Waals surface area contributed by atoms with Crippen LogP contribution in [0.3, 0.4) is 0 Å². The maximum Gasteiger partial charge on any atom is 0.271 e. The molecule has 0 bridgehead atoms. The van der Waals surface area contributed by atoms with Gasteiger partial charge in [-0.2, -0.15) is 0 Å². The van der Waals surface area contributed by atoms with Crippen LogP contribution in [0.1, 0.15) is 5.76 Å². The molecule has 0 spiro atoms. The number of furan rings is 1. The third-order valence-corrected chi connectivity index (χ3v) is 3.56. The molecule has 0 aliphatic rings. The smallest absolute Gasteiger partial charge is 0.271 e. The van der Waals surface area contributed by atoms with Gasteiger partial charge in [-0.3, -0.25) is 0 Å². The highest BCUT2D eigenvalue weighted by molar-refractivity contribution is 7.89. The molecule has 0 unspecified atom stereocenters. The number of methoxy groups -OCH3 is 2. The summed E-state index contributed by atoms with van der Waals surface area (Å²) in [5.41, 5.74) is 0.729. The lowest BCUT2D eigenvalue weighted by Crippen LogP contribution is -2.10. The fourth-order valence-electron chi connectivity index (χ4n) is 1.73. The molecule has 1 aromatic carbocycles. The van der Waals surface area contributed by atoms with Crippen molar-refractivity contribution < 1.29 is 22.3 Å². The van der Waals surface area contributed by atoms with Gasteiger partial charge in [0.05, 0.1) is 26.5 Å². The molecule has 0 saturated heterocycles. The van der Waals surface area contributed by atoms with E-state index in [0.29, 0.717) is 17.3 Å². The number of hydrogen-bond acceptors (Lipinski definition) is 6. The summed E-state index contributed by atoms with van der Waals surface area (Å²) < 4.78 is 37.7. The number of ether oxygens (including phenoxy) is 2. The Balaban J connectivity index is 2.11. The van der Waals surface area contributed by atoms with Gasteiger partial charge in [-0.25, -0.2) is 13.6 Å². The van der Waals surface area contributed by atoms with Gasteiger partial charge in [-0.05, 0) is 24.3 Å². The Morgan fingerprint density at radius 1 is 1.19 bits per heavy atom. The molecule has 114 valence electrons. The van der Waals surface area contributed by atoms with Crippen LogP contribution in [0.4, 0.5) is 5.69 Å². The lowest BCUT2D eigenvalue weighted by atomic mass is 10.2. The van der Waals surface area contributed by atoms with E-state index in [1.54, 1.807) is 38.5 Å². The summed E-state index contributed by atoms with van der Waals surface area (Å²) in [6, 6.07) is 8.17. The van der Waals surface area contributed by atoms with Crippen LogP contribution in [0.15, 0.2) is 39.8 Å². The first kappa shape index (κ1) is 15.2. The van der Waals surface area contributed by atoms with Gasteiger partial charge < -0.3 is 19.2 Å². The van der Waals surface area contributed by atoms with Crippen molar-refractivity contribution in [2.45, 2.75) is 11.6 Å². The van der Waals surface area contributed by atoms with Crippen molar-refractivity contribution >= 4 is 15.7 Å². The molecule has 21 heavy (non-hydrogen) atoms. The largest absolute Gasteiger partial charge is 0.497 e. The van der Waals surface area contributed by atoms with Crippen molar-refractivity contribution in [3.63, 3.8) is 0 Å². The second-order valence-electron chi connectivity index (χ2n) is 4.19. The Morgan fingerprint density at radius 2 is 1.95 bits per heavy atom. The van der Waals surface area contributed by atoms with E-state index >= 15 is 0 Å². The van der Waals surface area contributed by atoms with Gasteiger partial charge in [0.1, 0.15) is 17.3 Å². The zero-order valence-corrected chi connectivity index (χ0v) is 12.4. The molecule has 0 saturated carbocycles. The first-order chi connectivity index (χ1) is 9.94. The molecule has 7 nitrogen and oxygen atoms in total. The number of anilines is 1. The molecular weight excluding hydrogens is 296 g/mol. The highest BCUT2D eigenvalue weighted by Gasteiger charge is 2.13. The summed E-state index contributed by atoms with van der Waals surface area (Å²) in [5.74, 6) is 1.72. The predicted molar refractivity (Wildman–Crippen MR) is 77.0 cm³/mol. The number of benzene rings is 1. The lowest BCUT2D eigenvalue weighted by Gasteiger charge is -2.11. The van der Waals surface area contributed by atoms with Gasteiger partial charge in [-0.15, -0.1) is 0 Å². The molecule has 2 rings (SSSR count). The highest BCUT2D eigenvalue weighted by Crippen LogP contribution is 2.29. The van der Waals surface area contributed by atoms with Crippen LogP contribution >= 0.6 is 0 Å². The monoisotopic (exact) mass is 312 g/mol. The standard InChI is InChI=1S/C13H16N2O5S/c1-18-9-3-5-11(12(7-9)19-2)15-8-10-4-6-13(20-10)21(14,16)17/h3-7,15H,8H2,1-2H3,(H2,14,16,17). The first-order valence-corrected chi connectivity index (χ1v) is 7.56. The third-order valence-electron chi connectivity index (χ3n) is 2.78. The van der Waals surface area contributed by atoms with E-state index in [0.717, 1.165) is 5.69 Å². The molecule has 8 heteroatoms. The van der Waals surface area contributed by atoms with Gasteiger partial charge in [0.15, 0.2) is 0 Å². The van der Waals surface area contributed by atoms with Gasteiger partial charge >= 0.3 is 0 Å². The molecule has 0 aliphatic heterocycles. The molecular formula is C13H16N2O5S. The van der Waals surface area contributed by atoms with E-state index in [1.165, 1.54) is 6.07 Å². The van der Waals surface area contributed by atoms with Crippen molar-refractivity contribution in [2.75, 3.05) is 19.5 Å². The molecule has 0 radical (unpaired) electrons. The van der Waals surface area contributed by atoms with Crippen molar-refractivity contribution in [1.82, 2.24) is 0 Å². The SMILES string of the molecule is COc1ccc(NCc2ccc(S(N)(=O)=O)o2)c(OC)c1. The maximum atomic E-state index is 11.1. The molecule has 1 heterocycles. The third kappa shape index (κ3) is 3.67. The van der Waals surface area contributed by atoms with Crippen molar-refractivity contribution in [1.29, 1.82) is 0 Å². The minimum absolute atomic E-state index is 0.263. The molecule has 0 aliphatic carbocycles. The quantitative estimate of drug-likeness (QED) is 0.839. The van der Waals surface area contributed by atoms with Crippen molar-refractivity contribution in [3.05, 3.63) is 36.1 Å². The average molecular weight is 312 g/mol. The van der Waals surface area contributed by atoms with Crippen LogP contribution in [0.25, 0.3) is 0 Å². The van der Waals surface area contributed by atoms with Crippen LogP contribution in [-0.2, 0) is 16.6 Å². The fraction of sp³-hybridized carbons (Fsp3) is 0.231. The van der Waals surface area contributed by atoms with Crippen LogP contribution in [-0.4, -0.2) is 22.6 Å². The number of primary sulfonamides is 1. The fourth-order valence-corrected chi connectivity index (χ4v) is 2.21. The molecule has 1 aromatic heterocycles. The Kier molecular flexibility index (Phi) is 4.39. The minimum Gasteiger partial charge on any atom is -0.497 e. The summed E-state index contributed by atoms with van der Waals surface area (Å²) in [7, 11) is -0.706. The topological polar surface area (TPSA) is 104 Å². The Labute approximate surface area is 122 Å². The van der Waals surface area contributed by atoms with Gasteiger partial charge in [0, 0.05) is 6.07 Å². The molecule has 0 amide bonds. The predicted octanol–water partition coefficient (Wildman–Crippen LogP) is 1.56. The average Bonchev–Trinajstić information content (AvgIpc) is 2.94. The molecule has 0 fully saturated rings.